The molecule has 0 radical (unpaired) electrons. The van der Waals surface area contributed by atoms with Gasteiger partial charge in [0.05, 0.1) is 19.0 Å². The molecular formula is C16H16F3N5O5. The van der Waals surface area contributed by atoms with Gasteiger partial charge in [-0.1, -0.05) is 0 Å². The van der Waals surface area contributed by atoms with Crippen molar-refractivity contribution in [3.05, 3.63) is 36.4 Å². The van der Waals surface area contributed by atoms with Crippen LogP contribution in [0.4, 0.5) is 19.0 Å². The van der Waals surface area contributed by atoms with Crippen molar-refractivity contribution in [2.24, 2.45) is 0 Å². The van der Waals surface area contributed by atoms with Gasteiger partial charge in [0.25, 0.3) is 0 Å². The van der Waals surface area contributed by atoms with Gasteiger partial charge in [-0.2, -0.15) is 18.3 Å². The smallest absolute Gasteiger partial charge is 0.434 e. The molecule has 4 rings (SSSR count). The van der Waals surface area contributed by atoms with E-state index < -0.39 is 42.0 Å². The minimum Gasteiger partial charge on any atom is -0.473 e. The highest BCUT2D eigenvalue weighted by Crippen LogP contribution is 2.38. The van der Waals surface area contributed by atoms with Crippen molar-refractivity contribution in [3.63, 3.8) is 0 Å². The third kappa shape index (κ3) is 3.81. The molecule has 13 heteroatoms. The van der Waals surface area contributed by atoms with Gasteiger partial charge < -0.3 is 29.7 Å². The average molecular weight is 415 g/mol. The van der Waals surface area contributed by atoms with Crippen LogP contribution in [0.1, 0.15) is 5.69 Å². The molecular weight excluding hydrogens is 399 g/mol. The summed E-state index contributed by atoms with van der Waals surface area (Å²) in [4.78, 5) is 6.93. The van der Waals surface area contributed by atoms with Gasteiger partial charge in [-0.05, 0) is 6.07 Å². The van der Waals surface area contributed by atoms with Crippen molar-refractivity contribution >= 4 is 5.82 Å². The second kappa shape index (κ2) is 7.33. The fraction of sp³-hybridized carbons (Fsp3) is 0.500. The number of aliphatic hydroxyl groups excluding tert-OH is 2. The Morgan fingerprint density at radius 3 is 2.86 bits per heavy atom. The molecule has 4 heterocycles. The molecule has 2 aromatic rings. The highest BCUT2D eigenvalue weighted by molar-refractivity contribution is 5.35. The van der Waals surface area contributed by atoms with Gasteiger partial charge in [0.2, 0.25) is 5.88 Å². The molecule has 0 unspecified atom stereocenters. The van der Waals surface area contributed by atoms with Gasteiger partial charge in [0.15, 0.2) is 17.6 Å². The van der Waals surface area contributed by atoms with E-state index in [1.807, 2.05) is 0 Å². The van der Waals surface area contributed by atoms with Crippen LogP contribution < -0.4 is 10.1 Å². The lowest BCUT2D eigenvalue weighted by Gasteiger charge is -2.42. The van der Waals surface area contributed by atoms with E-state index in [1.54, 1.807) is 12.1 Å². The number of hydrogen-bond donors (Lipinski definition) is 3. The second-order valence-corrected chi connectivity index (χ2v) is 6.61. The second-order valence-electron chi connectivity index (χ2n) is 6.61. The minimum absolute atomic E-state index is 0.109. The zero-order chi connectivity index (χ0) is 20.6. The highest BCUT2D eigenvalue weighted by atomic mass is 19.4. The summed E-state index contributed by atoms with van der Waals surface area (Å²) in [5, 5.41) is 31.2. The lowest BCUT2D eigenvalue weighted by atomic mass is 9.88. The van der Waals surface area contributed by atoms with Crippen LogP contribution >= 0.6 is 0 Å². The van der Waals surface area contributed by atoms with Gasteiger partial charge in [-0.25, -0.2) is 4.98 Å². The minimum atomic E-state index is -4.68. The molecule has 2 saturated heterocycles. The van der Waals surface area contributed by atoms with Crippen LogP contribution in [0, 0.1) is 0 Å². The predicted octanol–water partition coefficient (Wildman–Crippen LogP) is -0.00800. The van der Waals surface area contributed by atoms with Crippen molar-refractivity contribution in [1.29, 1.82) is 0 Å². The monoisotopic (exact) mass is 415 g/mol. The lowest BCUT2D eigenvalue weighted by Crippen LogP contribution is -2.64. The summed E-state index contributed by atoms with van der Waals surface area (Å²) in [6, 6.07) is 2.07. The summed E-state index contributed by atoms with van der Waals surface area (Å²) in [6.45, 7) is -0.293. The van der Waals surface area contributed by atoms with Gasteiger partial charge in [0.1, 0.15) is 30.7 Å². The summed E-state index contributed by atoms with van der Waals surface area (Å²) < 4.78 is 55.2. The molecule has 2 aliphatic rings. The van der Waals surface area contributed by atoms with Crippen molar-refractivity contribution in [2.75, 3.05) is 18.5 Å². The first-order chi connectivity index (χ1) is 13.8. The van der Waals surface area contributed by atoms with Crippen molar-refractivity contribution in [1.82, 2.24) is 20.2 Å². The van der Waals surface area contributed by atoms with Gasteiger partial charge in [0, 0.05) is 12.3 Å². The van der Waals surface area contributed by atoms with Gasteiger partial charge >= 0.3 is 6.18 Å². The largest absolute Gasteiger partial charge is 0.473 e. The summed E-state index contributed by atoms with van der Waals surface area (Å²) in [6.07, 6.45) is -5.55. The maximum absolute atomic E-state index is 12.8. The first-order valence-electron chi connectivity index (χ1n) is 8.50. The number of fused-ring (bicyclic) bond motifs is 2. The molecule has 2 aromatic heterocycles. The Morgan fingerprint density at radius 2 is 2.14 bits per heavy atom. The zero-order valence-corrected chi connectivity index (χ0v) is 14.7. The fourth-order valence-electron chi connectivity index (χ4n) is 3.14. The number of alkyl halides is 3. The van der Waals surface area contributed by atoms with E-state index in [-0.39, 0.29) is 24.9 Å². The van der Waals surface area contributed by atoms with Crippen molar-refractivity contribution in [2.45, 2.75) is 36.3 Å². The van der Waals surface area contributed by atoms with E-state index in [0.717, 1.165) is 6.20 Å². The Bertz CT molecular complexity index is 860. The molecule has 5 atom stereocenters. The molecule has 2 fully saturated rings. The molecule has 2 bridgehead atoms. The maximum Gasteiger partial charge on any atom is 0.434 e. The van der Waals surface area contributed by atoms with Crippen LogP contribution in [0.3, 0.4) is 0 Å². The van der Waals surface area contributed by atoms with Gasteiger partial charge in [-0.15, -0.1) is 5.10 Å². The van der Waals surface area contributed by atoms with Crippen LogP contribution in [-0.4, -0.2) is 73.7 Å². The topological polar surface area (TPSA) is 132 Å². The lowest BCUT2D eigenvalue weighted by molar-refractivity contribution is -0.222. The van der Waals surface area contributed by atoms with E-state index in [9.17, 15) is 23.4 Å². The number of anilines is 1. The summed E-state index contributed by atoms with van der Waals surface area (Å²) in [5.74, 6) is -0.0615. The van der Waals surface area contributed by atoms with Crippen molar-refractivity contribution in [3.8, 4) is 5.88 Å². The number of nitrogens with zero attached hydrogens (tertiary/aromatic N) is 4. The molecule has 3 N–H and O–H groups in total. The van der Waals surface area contributed by atoms with Crippen molar-refractivity contribution < 1.29 is 37.6 Å². The molecule has 156 valence electrons. The van der Waals surface area contributed by atoms with Crippen LogP contribution in [0.2, 0.25) is 0 Å². The van der Waals surface area contributed by atoms with Crippen LogP contribution in [-0.2, 0) is 15.7 Å². The molecule has 29 heavy (non-hydrogen) atoms. The Hall–Kier alpha value is -2.61. The maximum atomic E-state index is 12.8. The highest BCUT2D eigenvalue weighted by Gasteiger charge is 2.60. The summed E-state index contributed by atoms with van der Waals surface area (Å²) in [7, 11) is 0. The quantitative estimate of drug-likeness (QED) is 0.613. The fourth-order valence-corrected chi connectivity index (χ4v) is 3.14. The molecule has 0 aliphatic carbocycles. The number of ether oxygens (including phenoxy) is 3. The zero-order valence-electron chi connectivity index (χ0n) is 14.7. The average Bonchev–Trinajstić information content (AvgIpc) is 3.11. The molecule has 0 spiro atoms. The number of hydrogen-bond acceptors (Lipinski definition) is 10. The number of aliphatic hydroxyl groups is 2. The van der Waals surface area contributed by atoms with E-state index >= 15 is 0 Å². The Kier molecular flexibility index (Phi) is 4.98. The molecule has 0 saturated carbocycles. The molecule has 0 aromatic carbocycles. The standard InChI is InChI=1S/C16H16F3N5O5/c17-16(18,19)8-4-20-5-9(22-8)23-11-12(25)13(26)15(7-28-14(11)29-15)6-27-10-2-1-3-21-24-10/h1-5,11-14,25-26H,6-7H2,(H,22,23)/t11-,12-,13-,14+,15+/m1/s1. The third-order valence-electron chi connectivity index (χ3n) is 4.62. The Labute approximate surface area is 161 Å². The third-order valence-corrected chi connectivity index (χ3v) is 4.62. The molecule has 10 nitrogen and oxygen atoms in total. The van der Waals surface area contributed by atoms with Crippen LogP contribution in [0.5, 0.6) is 5.88 Å². The SMILES string of the molecule is O[C@@H]1[C@@H](Nc2cncc(C(F)(F)F)n2)[C@H]2OC[C@](COc3cccnn3)(O2)[C@@H]1O. The number of rotatable bonds is 5. The summed E-state index contributed by atoms with van der Waals surface area (Å²) >= 11 is 0. The number of halogens is 3. The van der Waals surface area contributed by atoms with E-state index in [2.05, 4.69) is 25.5 Å². The van der Waals surface area contributed by atoms with Gasteiger partial charge in [-0.3, -0.25) is 4.98 Å². The number of nitrogens with one attached hydrogen (secondary N) is 1. The number of aromatic nitrogens is 4. The Balaban J connectivity index is 1.48. The van der Waals surface area contributed by atoms with Crippen LogP contribution in [0.25, 0.3) is 0 Å². The van der Waals surface area contributed by atoms with Crippen LogP contribution in [0.15, 0.2) is 30.7 Å². The Morgan fingerprint density at radius 1 is 1.31 bits per heavy atom. The predicted molar refractivity (Wildman–Crippen MR) is 87.5 cm³/mol. The molecule has 0 amide bonds. The summed E-state index contributed by atoms with van der Waals surface area (Å²) in [5.41, 5.74) is -2.58. The van der Waals surface area contributed by atoms with E-state index in [4.69, 9.17) is 14.2 Å². The van der Waals surface area contributed by atoms with E-state index in [0.29, 0.717) is 6.20 Å². The normalized spacial score (nSPS) is 31.5. The van der Waals surface area contributed by atoms with E-state index in [1.165, 1.54) is 6.20 Å². The first kappa shape index (κ1) is 19.7. The first-order valence-corrected chi connectivity index (χ1v) is 8.50. The molecule has 2 aliphatic heterocycles.